The molecule has 0 N–H and O–H groups in total. The molecule has 1 saturated heterocycles. The number of likely N-dealkylation sites (tertiary alicyclic amines) is 1. The van der Waals surface area contributed by atoms with Gasteiger partial charge in [0.05, 0.1) is 16.3 Å². The summed E-state index contributed by atoms with van der Waals surface area (Å²) in [5, 5.41) is 0.740. The molecular weight excluding hydrogens is 389 g/mol. The summed E-state index contributed by atoms with van der Waals surface area (Å²) in [5.41, 5.74) is -0.800. The van der Waals surface area contributed by atoms with Crippen LogP contribution in [0.1, 0.15) is 28.8 Å². The minimum Gasteiger partial charge on any atom is -0.341 e. The van der Waals surface area contributed by atoms with Crippen molar-refractivity contribution in [2.24, 2.45) is 5.92 Å². The van der Waals surface area contributed by atoms with Crippen LogP contribution in [0, 0.1) is 5.92 Å². The maximum absolute atomic E-state index is 12.9. The zero-order valence-electron chi connectivity index (χ0n) is 15.0. The molecule has 1 aliphatic heterocycles. The lowest BCUT2D eigenvalue weighted by Crippen LogP contribution is -2.43. The number of hydrogen-bond acceptors (Lipinski definition) is 4. The third kappa shape index (κ3) is 5.13. The average molecular weight is 408 g/mol. The molecule has 0 radical (unpaired) electrons. The normalized spacial score (nSPS) is 17.4. The SMILES string of the molecule is O=C(c1cccc(C(F)(F)F)c1)[C@@H]1CCCN(C(=O)CSc2ccccn2)C1. The fourth-order valence-electron chi connectivity index (χ4n) is 3.16. The highest BCUT2D eigenvalue weighted by molar-refractivity contribution is 7.99. The molecule has 3 rings (SSSR count). The minimum atomic E-state index is -4.49. The van der Waals surface area contributed by atoms with Gasteiger partial charge in [0.1, 0.15) is 0 Å². The Hall–Kier alpha value is -2.35. The number of hydrogen-bond donors (Lipinski definition) is 0. The molecular formula is C20H19F3N2O2S. The number of carbonyl (C=O) groups excluding carboxylic acids is 2. The molecule has 0 unspecified atom stereocenters. The van der Waals surface area contributed by atoms with Gasteiger partial charge in [0.15, 0.2) is 5.78 Å². The zero-order chi connectivity index (χ0) is 20.1. The van der Waals surface area contributed by atoms with Crippen molar-refractivity contribution in [2.45, 2.75) is 24.0 Å². The monoisotopic (exact) mass is 408 g/mol. The van der Waals surface area contributed by atoms with Gasteiger partial charge in [-0.25, -0.2) is 4.98 Å². The Morgan fingerprint density at radius 3 is 2.71 bits per heavy atom. The van der Waals surface area contributed by atoms with Gasteiger partial charge in [-0.1, -0.05) is 30.0 Å². The molecule has 28 heavy (non-hydrogen) atoms. The van der Waals surface area contributed by atoms with Crippen LogP contribution in [0.2, 0.25) is 0 Å². The largest absolute Gasteiger partial charge is 0.416 e. The lowest BCUT2D eigenvalue weighted by Gasteiger charge is -2.32. The second kappa shape index (κ2) is 8.77. The molecule has 1 aliphatic rings. The molecule has 0 spiro atoms. The molecule has 1 amide bonds. The van der Waals surface area contributed by atoms with Crippen LogP contribution in [0.3, 0.4) is 0 Å². The molecule has 148 valence electrons. The van der Waals surface area contributed by atoms with Crippen molar-refractivity contribution in [1.29, 1.82) is 0 Å². The molecule has 0 saturated carbocycles. The van der Waals surface area contributed by atoms with Gasteiger partial charge in [0, 0.05) is 30.8 Å². The first-order chi connectivity index (χ1) is 13.3. The average Bonchev–Trinajstić information content (AvgIpc) is 2.72. The summed E-state index contributed by atoms with van der Waals surface area (Å²) in [7, 11) is 0. The Labute approximate surface area is 165 Å². The second-order valence-corrected chi connectivity index (χ2v) is 7.57. The number of aromatic nitrogens is 1. The number of pyridine rings is 1. The summed E-state index contributed by atoms with van der Waals surface area (Å²) >= 11 is 1.32. The van der Waals surface area contributed by atoms with Crippen LogP contribution in [-0.4, -0.2) is 40.4 Å². The standard InChI is InChI=1S/C20H19F3N2O2S/c21-20(22,23)16-7-3-5-14(11-16)19(27)15-6-4-10-25(12-15)18(26)13-28-17-8-1-2-9-24-17/h1-3,5,7-9,11,15H,4,6,10,12-13H2/t15-/m1/s1. The summed E-state index contributed by atoms with van der Waals surface area (Å²) in [6.07, 6.45) is -1.63. The number of ketones is 1. The van der Waals surface area contributed by atoms with Gasteiger partial charge < -0.3 is 4.90 Å². The van der Waals surface area contributed by atoms with Crippen LogP contribution in [-0.2, 0) is 11.0 Å². The molecule has 0 bridgehead atoms. The van der Waals surface area contributed by atoms with E-state index in [4.69, 9.17) is 0 Å². The number of amides is 1. The van der Waals surface area contributed by atoms with Crippen LogP contribution >= 0.6 is 11.8 Å². The van der Waals surface area contributed by atoms with E-state index in [1.807, 2.05) is 12.1 Å². The molecule has 2 heterocycles. The predicted octanol–water partition coefficient (Wildman–Crippen LogP) is 4.31. The number of Topliss-reactive ketones (excluding diaryl/α,β-unsaturated/α-hetero) is 1. The van der Waals surface area contributed by atoms with E-state index in [-0.39, 0.29) is 29.6 Å². The summed E-state index contributed by atoms with van der Waals surface area (Å²) in [6, 6.07) is 9.92. The zero-order valence-corrected chi connectivity index (χ0v) is 15.8. The van der Waals surface area contributed by atoms with Crippen molar-refractivity contribution in [3.63, 3.8) is 0 Å². The fraction of sp³-hybridized carbons (Fsp3) is 0.350. The lowest BCUT2D eigenvalue weighted by atomic mass is 9.89. The van der Waals surface area contributed by atoms with Gasteiger partial charge in [0.2, 0.25) is 5.91 Å². The van der Waals surface area contributed by atoms with Crippen LogP contribution in [0.4, 0.5) is 13.2 Å². The van der Waals surface area contributed by atoms with Crippen molar-refractivity contribution in [3.05, 3.63) is 59.8 Å². The van der Waals surface area contributed by atoms with Crippen molar-refractivity contribution in [2.75, 3.05) is 18.8 Å². The highest BCUT2D eigenvalue weighted by atomic mass is 32.2. The van der Waals surface area contributed by atoms with Crippen molar-refractivity contribution in [3.8, 4) is 0 Å². The van der Waals surface area contributed by atoms with Crippen LogP contribution in [0.25, 0.3) is 0 Å². The lowest BCUT2D eigenvalue weighted by molar-refractivity contribution is -0.137. The van der Waals surface area contributed by atoms with Crippen LogP contribution in [0.5, 0.6) is 0 Å². The Morgan fingerprint density at radius 2 is 2.00 bits per heavy atom. The molecule has 1 aromatic heterocycles. The number of nitrogens with zero attached hydrogens (tertiary/aromatic N) is 2. The highest BCUT2D eigenvalue weighted by Gasteiger charge is 2.33. The highest BCUT2D eigenvalue weighted by Crippen LogP contribution is 2.31. The van der Waals surface area contributed by atoms with Gasteiger partial charge in [-0.15, -0.1) is 0 Å². The molecule has 8 heteroatoms. The fourth-order valence-corrected chi connectivity index (χ4v) is 3.93. The molecule has 1 aromatic carbocycles. The summed E-state index contributed by atoms with van der Waals surface area (Å²) < 4.78 is 38.7. The number of rotatable bonds is 5. The Morgan fingerprint density at radius 1 is 1.18 bits per heavy atom. The maximum atomic E-state index is 12.9. The topological polar surface area (TPSA) is 50.3 Å². The van der Waals surface area contributed by atoms with E-state index in [1.165, 1.54) is 23.9 Å². The van der Waals surface area contributed by atoms with Gasteiger partial charge >= 0.3 is 6.18 Å². The van der Waals surface area contributed by atoms with E-state index in [2.05, 4.69) is 4.98 Å². The molecule has 4 nitrogen and oxygen atoms in total. The first kappa shape index (κ1) is 20.4. The third-order valence-electron chi connectivity index (χ3n) is 4.60. The Kier molecular flexibility index (Phi) is 6.39. The van der Waals surface area contributed by atoms with E-state index in [9.17, 15) is 22.8 Å². The van der Waals surface area contributed by atoms with E-state index >= 15 is 0 Å². The molecule has 1 atom stereocenters. The van der Waals surface area contributed by atoms with Crippen molar-refractivity contribution >= 4 is 23.5 Å². The summed E-state index contributed by atoms with van der Waals surface area (Å²) in [4.78, 5) is 31.0. The molecule has 0 aliphatic carbocycles. The third-order valence-corrected chi connectivity index (χ3v) is 5.53. The summed E-state index contributed by atoms with van der Waals surface area (Å²) in [6.45, 7) is 0.782. The van der Waals surface area contributed by atoms with E-state index < -0.39 is 17.7 Å². The number of alkyl halides is 3. The number of thioether (sulfide) groups is 1. The van der Waals surface area contributed by atoms with Crippen molar-refractivity contribution in [1.82, 2.24) is 9.88 Å². The summed E-state index contributed by atoms with van der Waals surface area (Å²) in [5.74, 6) is -0.721. The quantitative estimate of drug-likeness (QED) is 0.546. The number of carbonyl (C=O) groups is 2. The van der Waals surface area contributed by atoms with E-state index in [1.54, 1.807) is 17.2 Å². The number of benzene rings is 1. The van der Waals surface area contributed by atoms with Crippen molar-refractivity contribution < 1.29 is 22.8 Å². The van der Waals surface area contributed by atoms with Gasteiger partial charge in [-0.2, -0.15) is 13.2 Å². The van der Waals surface area contributed by atoms with Crippen LogP contribution < -0.4 is 0 Å². The first-order valence-electron chi connectivity index (χ1n) is 8.87. The molecule has 1 fully saturated rings. The van der Waals surface area contributed by atoms with Gasteiger partial charge in [-0.05, 0) is 37.1 Å². The van der Waals surface area contributed by atoms with Crippen LogP contribution in [0.15, 0.2) is 53.7 Å². The smallest absolute Gasteiger partial charge is 0.341 e. The predicted molar refractivity (Wildman–Crippen MR) is 100 cm³/mol. The molecule has 2 aromatic rings. The second-order valence-electron chi connectivity index (χ2n) is 6.58. The number of halogens is 3. The number of piperidine rings is 1. The van der Waals surface area contributed by atoms with Gasteiger partial charge in [-0.3, -0.25) is 9.59 Å². The van der Waals surface area contributed by atoms with E-state index in [0.717, 1.165) is 17.2 Å². The minimum absolute atomic E-state index is 0.0389. The Bertz CT molecular complexity index is 843. The first-order valence-corrected chi connectivity index (χ1v) is 9.86. The maximum Gasteiger partial charge on any atom is 0.416 e. The van der Waals surface area contributed by atoms with Gasteiger partial charge in [0.25, 0.3) is 0 Å². The van der Waals surface area contributed by atoms with E-state index in [0.29, 0.717) is 19.4 Å². The Balaban J connectivity index is 1.62.